The first-order valence-electron chi connectivity index (χ1n) is 11.7. The van der Waals surface area contributed by atoms with Crippen molar-refractivity contribution in [1.82, 2.24) is 15.5 Å². The normalized spacial score (nSPS) is 19.6. The van der Waals surface area contributed by atoms with Gasteiger partial charge in [-0.25, -0.2) is 9.59 Å². The molecule has 0 radical (unpaired) electrons. The summed E-state index contributed by atoms with van der Waals surface area (Å²) in [6.45, 7) is 0.804. The Morgan fingerprint density at radius 2 is 1.71 bits per heavy atom. The van der Waals surface area contributed by atoms with Gasteiger partial charge >= 0.3 is 12.1 Å². The molecule has 3 N–H and O–H groups in total. The highest BCUT2D eigenvalue weighted by Crippen LogP contribution is 2.44. The number of benzene rings is 2. The Morgan fingerprint density at radius 1 is 1.09 bits per heavy atom. The highest BCUT2D eigenvalue weighted by atomic mass is 16.5. The molecule has 9 nitrogen and oxygen atoms in total. The van der Waals surface area contributed by atoms with Gasteiger partial charge in [-0.05, 0) is 42.8 Å². The Hall–Kier alpha value is -3.43. The Bertz CT molecular complexity index is 1040. The largest absolute Gasteiger partial charge is 0.480 e. The molecule has 0 bridgehead atoms. The molecular weight excluding hydrogens is 450 g/mol. The number of carboxylic acids is 1. The number of ether oxygens (including phenoxy) is 2. The molecule has 1 fully saturated rings. The van der Waals surface area contributed by atoms with E-state index in [0.29, 0.717) is 6.42 Å². The SMILES string of the molecule is CN(C)C[C@H](NC(=O)[C@@H]1CO[C@H](CNC(=O)OCC2c3ccccc3-c3ccccc32)C1)C(=O)O. The fourth-order valence-corrected chi connectivity index (χ4v) is 4.72. The van der Waals surface area contributed by atoms with Crippen molar-refractivity contribution in [2.24, 2.45) is 5.92 Å². The maximum Gasteiger partial charge on any atom is 0.407 e. The molecular formula is C26H31N3O6. The molecule has 4 rings (SSSR count). The van der Waals surface area contributed by atoms with Crippen molar-refractivity contribution in [2.75, 3.05) is 40.4 Å². The van der Waals surface area contributed by atoms with E-state index in [0.717, 1.165) is 22.3 Å². The second-order valence-corrected chi connectivity index (χ2v) is 9.26. The molecule has 186 valence electrons. The summed E-state index contributed by atoms with van der Waals surface area (Å²) >= 11 is 0. The van der Waals surface area contributed by atoms with E-state index in [1.807, 2.05) is 24.3 Å². The van der Waals surface area contributed by atoms with Crippen molar-refractivity contribution in [3.8, 4) is 11.1 Å². The number of nitrogens with one attached hydrogen (secondary N) is 2. The van der Waals surface area contributed by atoms with Crippen LogP contribution >= 0.6 is 0 Å². The van der Waals surface area contributed by atoms with Gasteiger partial charge < -0.3 is 30.1 Å². The Labute approximate surface area is 204 Å². The molecule has 2 amide bonds. The molecule has 2 aromatic carbocycles. The van der Waals surface area contributed by atoms with Crippen LogP contribution in [0.1, 0.15) is 23.5 Å². The van der Waals surface area contributed by atoms with Gasteiger partial charge in [0.1, 0.15) is 12.6 Å². The van der Waals surface area contributed by atoms with Crippen molar-refractivity contribution in [3.05, 3.63) is 59.7 Å². The number of fused-ring (bicyclic) bond motifs is 3. The third kappa shape index (κ3) is 5.80. The Balaban J connectivity index is 1.24. The predicted octanol–water partition coefficient (Wildman–Crippen LogP) is 2.06. The van der Waals surface area contributed by atoms with E-state index < -0.39 is 24.0 Å². The summed E-state index contributed by atoms with van der Waals surface area (Å²) in [6, 6.07) is 15.3. The van der Waals surface area contributed by atoms with Gasteiger partial charge in [-0.1, -0.05) is 48.5 Å². The molecule has 3 atom stereocenters. The summed E-state index contributed by atoms with van der Waals surface area (Å²) in [7, 11) is 3.48. The fraction of sp³-hybridized carbons (Fsp3) is 0.423. The lowest BCUT2D eigenvalue weighted by atomic mass is 9.98. The summed E-state index contributed by atoms with van der Waals surface area (Å²) < 4.78 is 11.2. The number of alkyl carbamates (subject to hydrolysis) is 1. The van der Waals surface area contributed by atoms with Crippen LogP contribution < -0.4 is 10.6 Å². The zero-order valence-electron chi connectivity index (χ0n) is 19.9. The van der Waals surface area contributed by atoms with E-state index >= 15 is 0 Å². The summed E-state index contributed by atoms with van der Waals surface area (Å²) in [5, 5.41) is 14.6. The van der Waals surface area contributed by atoms with E-state index in [4.69, 9.17) is 9.47 Å². The smallest absolute Gasteiger partial charge is 0.407 e. The number of carbonyl (C=O) groups is 3. The number of rotatable bonds is 9. The van der Waals surface area contributed by atoms with Crippen LogP contribution in [-0.4, -0.2) is 80.5 Å². The van der Waals surface area contributed by atoms with E-state index in [9.17, 15) is 19.5 Å². The van der Waals surface area contributed by atoms with Crippen molar-refractivity contribution in [1.29, 1.82) is 0 Å². The molecule has 1 heterocycles. The number of amides is 2. The minimum atomic E-state index is -1.08. The molecule has 1 aliphatic carbocycles. The van der Waals surface area contributed by atoms with E-state index in [-0.39, 0.29) is 44.2 Å². The minimum Gasteiger partial charge on any atom is -0.480 e. The summed E-state index contributed by atoms with van der Waals surface area (Å²) in [4.78, 5) is 38.0. The first-order valence-corrected chi connectivity index (χ1v) is 11.7. The average Bonchev–Trinajstić information content (AvgIpc) is 3.44. The van der Waals surface area contributed by atoms with Crippen LogP contribution in [-0.2, 0) is 19.1 Å². The number of likely N-dealkylation sites (N-methyl/N-ethyl adjacent to an activating group) is 1. The van der Waals surface area contributed by atoms with Gasteiger partial charge in [-0.3, -0.25) is 4.79 Å². The molecule has 9 heteroatoms. The maximum absolute atomic E-state index is 12.5. The van der Waals surface area contributed by atoms with E-state index in [1.54, 1.807) is 19.0 Å². The fourth-order valence-electron chi connectivity index (χ4n) is 4.72. The molecule has 0 unspecified atom stereocenters. The number of hydrogen-bond donors (Lipinski definition) is 3. The number of carbonyl (C=O) groups excluding carboxylic acids is 2. The van der Waals surface area contributed by atoms with Gasteiger partial charge in [0.25, 0.3) is 0 Å². The first-order chi connectivity index (χ1) is 16.8. The predicted molar refractivity (Wildman–Crippen MR) is 129 cm³/mol. The molecule has 2 aromatic rings. The van der Waals surface area contributed by atoms with Gasteiger partial charge in [-0.2, -0.15) is 0 Å². The molecule has 0 saturated carbocycles. The van der Waals surface area contributed by atoms with Gasteiger partial charge in [0.05, 0.1) is 18.6 Å². The number of carboxylic acid groups (broad SMARTS) is 1. The molecule has 1 aliphatic heterocycles. The van der Waals surface area contributed by atoms with Crippen LogP contribution in [0.15, 0.2) is 48.5 Å². The second kappa shape index (κ2) is 10.9. The van der Waals surface area contributed by atoms with Crippen LogP contribution in [0.5, 0.6) is 0 Å². The zero-order chi connectivity index (χ0) is 24.9. The maximum atomic E-state index is 12.5. The van der Waals surface area contributed by atoms with Crippen molar-refractivity contribution in [2.45, 2.75) is 24.5 Å². The zero-order valence-corrected chi connectivity index (χ0v) is 19.9. The quantitative estimate of drug-likeness (QED) is 0.502. The number of aliphatic carboxylic acids is 1. The lowest BCUT2D eigenvalue weighted by Crippen LogP contribution is -2.49. The molecule has 35 heavy (non-hydrogen) atoms. The van der Waals surface area contributed by atoms with E-state index in [2.05, 4.69) is 34.9 Å². The van der Waals surface area contributed by atoms with Gasteiger partial charge in [-0.15, -0.1) is 0 Å². The molecule has 0 aromatic heterocycles. The molecule has 2 aliphatic rings. The van der Waals surface area contributed by atoms with Gasteiger partial charge in [0.2, 0.25) is 5.91 Å². The summed E-state index contributed by atoms with van der Waals surface area (Å²) in [5.74, 6) is -1.93. The Kier molecular flexibility index (Phi) is 7.67. The van der Waals surface area contributed by atoms with Crippen LogP contribution in [0.4, 0.5) is 4.79 Å². The lowest BCUT2D eigenvalue weighted by Gasteiger charge is -2.20. The van der Waals surface area contributed by atoms with Crippen molar-refractivity contribution in [3.63, 3.8) is 0 Å². The van der Waals surface area contributed by atoms with Crippen molar-refractivity contribution < 1.29 is 29.0 Å². The summed E-state index contributed by atoms with van der Waals surface area (Å²) in [5.41, 5.74) is 4.61. The number of hydrogen-bond acceptors (Lipinski definition) is 6. The van der Waals surface area contributed by atoms with Crippen LogP contribution in [0.3, 0.4) is 0 Å². The second-order valence-electron chi connectivity index (χ2n) is 9.26. The highest BCUT2D eigenvalue weighted by Gasteiger charge is 2.34. The van der Waals surface area contributed by atoms with E-state index in [1.165, 1.54) is 0 Å². The topological polar surface area (TPSA) is 117 Å². The highest BCUT2D eigenvalue weighted by molar-refractivity contribution is 5.85. The third-order valence-corrected chi connectivity index (χ3v) is 6.43. The lowest BCUT2D eigenvalue weighted by molar-refractivity contribution is -0.142. The first kappa shape index (κ1) is 24.7. The molecule has 1 saturated heterocycles. The van der Waals surface area contributed by atoms with Crippen molar-refractivity contribution >= 4 is 18.0 Å². The minimum absolute atomic E-state index is 0.0201. The van der Waals surface area contributed by atoms with Crippen LogP contribution in [0.2, 0.25) is 0 Å². The van der Waals surface area contributed by atoms with Crippen LogP contribution in [0, 0.1) is 5.92 Å². The summed E-state index contributed by atoms with van der Waals surface area (Å²) in [6.07, 6.45) is -0.493. The van der Waals surface area contributed by atoms with Crippen LogP contribution in [0.25, 0.3) is 11.1 Å². The third-order valence-electron chi connectivity index (χ3n) is 6.43. The van der Waals surface area contributed by atoms with Gasteiger partial charge in [0.15, 0.2) is 0 Å². The number of nitrogens with zero attached hydrogens (tertiary/aromatic N) is 1. The standard InChI is InChI=1S/C26H31N3O6/c1-29(2)13-23(25(31)32)28-24(30)16-11-17(34-14-16)12-27-26(33)35-15-22-20-9-5-3-7-18(20)19-8-4-6-10-21(19)22/h3-10,16-17,22-23H,11-15H2,1-2H3,(H,27,33)(H,28,30)(H,31,32)/t16-,17-,23-/m0/s1. The Morgan fingerprint density at radius 3 is 2.31 bits per heavy atom. The molecule has 0 spiro atoms. The van der Waals surface area contributed by atoms with Gasteiger partial charge in [0, 0.05) is 19.0 Å². The monoisotopic (exact) mass is 481 g/mol. The average molecular weight is 482 g/mol.